The molecule has 2 N–H and O–H groups in total. The smallest absolute Gasteiger partial charge is 0.0931 e. The third-order valence-electron chi connectivity index (χ3n) is 2.12. The quantitative estimate of drug-likeness (QED) is 0.864. The van der Waals surface area contributed by atoms with Crippen molar-refractivity contribution in [3.8, 4) is 0 Å². The van der Waals surface area contributed by atoms with Crippen molar-refractivity contribution in [1.82, 2.24) is 15.5 Å². The zero-order chi connectivity index (χ0) is 10.7. The lowest BCUT2D eigenvalue weighted by Crippen LogP contribution is -2.21. The molecule has 2 aromatic heterocycles. The van der Waals surface area contributed by atoms with Crippen LogP contribution in [0.5, 0.6) is 0 Å². The summed E-state index contributed by atoms with van der Waals surface area (Å²) >= 11 is 7.52. The topological polar surface area (TPSA) is 40.7 Å². The highest BCUT2D eigenvalue weighted by Crippen LogP contribution is 2.29. The number of aromatic nitrogens is 2. The molecule has 0 saturated carbocycles. The Morgan fingerprint density at radius 1 is 1.53 bits per heavy atom. The van der Waals surface area contributed by atoms with E-state index >= 15 is 0 Å². The van der Waals surface area contributed by atoms with E-state index in [9.17, 15) is 0 Å². The molecule has 0 aromatic carbocycles. The molecule has 0 saturated heterocycles. The molecule has 0 spiro atoms. The predicted molar refractivity (Wildman–Crippen MR) is 63.4 cm³/mol. The van der Waals surface area contributed by atoms with E-state index in [-0.39, 0.29) is 6.04 Å². The molecule has 0 radical (unpaired) electrons. The van der Waals surface area contributed by atoms with E-state index in [0.717, 1.165) is 16.6 Å². The van der Waals surface area contributed by atoms with E-state index in [1.54, 1.807) is 17.5 Å². The van der Waals surface area contributed by atoms with Gasteiger partial charge in [-0.05, 0) is 24.7 Å². The zero-order valence-electron chi connectivity index (χ0n) is 8.33. The van der Waals surface area contributed by atoms with Gasteiger partial charge in [-0.2, -0.15) is 5.10 Å². The highest BCUT2D eigenvalue weighted by Gasteiger charge is 2.15. The number of hydrogen-bond acceptors (Lipinski definition) is 3. The second-order valence-electron chi connectivity index (χ2n) is 3.14. The molecule has 3 nitrogen and oxygen atoms in total. The van der Waals surface area contributed by atoms with Gasteiger partial charge in [0.25, 0.3) is 0 Å². The van der Waals surface area contributed by atoms with Crippen LogP contribution >= 0.6 is 22.9 Å². The molecule has 15 heavy (non-hydrogen) atoms. The Balaban J connectivity index is 2.27. The van der Waals surface area contributed by atoms with Gasteiger partial charge < -0.3 is 5.32 Å². The van der Waals surface area contributed by atoms with Crippen molar-refractivity contribution in [2.75, 3.05) is 6.54 Å². The first-order chi connectivity index (χ1) is 7.31. The molecule has 1 unspecified atom stereocenters. The van der Waals surface area contributed by atoms with E-state index in [1.165, 1.54) is 4.88 Å². The van der Waals surface area contributed by atoms with Crippen molar-refractivity contribution in [3.05, 3.63) is 39.3 Å². The standard InChI is InChI=1S/C10H12ClN3S/c1-2-12-10(7-5-6-13-14-7)8-3-4-9(11)15-8/h3-6,10,12H,2H2,1H3,(H,13,14). The summed E-state index contributed by atoms with van der Waals surface area (Å²) in [5.74, 6) is 0. The summed E-state index contributed by atoms with van der Waals surface area (Å²) < 4.78 is 0.812. The number of H-pyrrole nitrogens is 1. The van der Waals surface area contributed by atoms with E-state index in [1.807, 2.05) is 18.2 Å². The van der Waals surface area contributed by atoms with Crippen LogP contribution in [0.2, 0.25) is 4.34 Å². The number of aromatic amines is 1. The maximum Gasteiger partial charge on any atom is 0.0931 e. The third-order valence-corrected chi connectivity index (χ3v) is 3.42. The predicted octanol–water partition coefficient (Wildman–Crippen LogP) is 2.82. The molecular formula is C10H12ClN3S. The minimum atomic E-state index is 0.162. The summed E-state index contributed by atoms with van der Waals surface area (Å²) in [4.78, 5) is 1.20. The summed E-state index contributed by atoms with van der Waals surface area (Å²) in [5, 5.41) is 10.3. The van der Waals surface area contributed by atoms with Gasteiger partial charge in [0.2, 0.25) is 0 Å². The number of nitrogens with one attached hydrogen (secondary N) is 2. The molecule has 5 heteroatoms. The average molecular weight is 242 g/mol. The Bertz CT molecular complexity index is 410. The SMILES string of the molecule is CCNC(c1ccn[nH]1)c1ccc(Cl)s1. The van der Waals surface area contributed by atoms with Crippen LogP contribution in [0.15, 0.2) is 24.4 Å². The van der Waals surface area contributed by atoms with Gasteiger partial charge in [-0.3, -0.25) is 5.10 Å². The summed E-state index contributed by atoms with van der Waals surface area (Å²) in [7, 11) is 0. The summed E-state index contributed by atoms with van der Waals surface area (Å²) in [6.45, 7) is 2.98. The van der Waals surface area contributed by atoms with Crippen LogP contribution in [0.25, 0.3) is 0 Å². The van der Waals surface area contributed by atoms with Gasteiger partial charge in [0, 0.05) is 11.1 Å². The molecule has 0 aliphatic rings. The molecule has 80 valence electrons. The number of nitrogens with zero attached hydrogens (tertiary/aromatic N) is 1. The highest BCUT2D eigenvalue weighted by molar-refractivity contribution is 7.16. The van der Waals surface area contributed by atoms with Gasteiger partial charge in [0.1, 0.15) is 0 Å². The summed E-state index contributed by atoms with van der Waals surface area (Å²) in [5.41, 5.74) is 1.07. The molecule has 2 aromatic rings. The summed E-state index contributed by atoms with van der Waals surface area (Å²) in [6, 6.07) is 6.10. The molecule has 0 bridgehead atoms. The molecular weight excluding hydrogens is 230 g/mol. The van der Waals surface area contributed by atoms with Crippen molar-refractivity contribution in [3.63, 3.8) is 0 Å². The number of thiophene rings is 1. The minimum Gasteiger partial charge on any atom is -0.305 e. The van der Waals surface area contributed by atoms with Crippen LogP contribution in [-0.4, -0.2) is 16.7 Å². The van der Waals surface area contributed by atoms with Crippen molar-refractivity contribution in [1.29, 1.82) is 0 Å². The fourth-order valence-electron chi connectivity index (χ4n) is 1.48. The lowest BCUT2D eigenvalue weighted by atomic mass is 10.2. The molecule has 0 aliphatic heterocycles. The molecule has 2 rings (SSSR count). The van der Waals surface area contributed by atoms with Gasteiger partial charge in [-0.25, -0.2) is 0 Å². The Labute approximate surface area is 97.5 Å². The first-order valence-corrected chi connectivity index (χ1v) is 5.98. The minimum absolute atomic E-state index is 0.162. The van der Waals surface area contributed by atoms with Gasteiger partial charge in [-0.1, -0.05) is 18.5 Å². The maximum atomic E-state index is 5.93. The van der Waals surface area contributed by atoms with E-state index < -0.39 is 0 Å². The van der Waals surface area contributed by atoms with Crippen molar-refractivity contribution in [2.45, 2.75) is 13.0 Å². The fraction of sp³-hybridized carbons (Fsp3) is 0.300. The number of hydrogen-bond donors (Lipinski definition) is 2. The van der Waals surface area contributed by atoms with Crippen LogP contribution in [0.4, 0.5) is 0 Å². The van der Waals surface area contributed by atoms with E-state index in [0.29, 0.717) is 0 Å². The monoisotopic (exact) mass is 241 g/mol. The third kappa shape index (κ3) is 2.40. The van der Waals surface area contributed by atoms with Gasteiger partial charge in [0.05, 0.1) is 16.1 Å². The molecule has 1 atom stereocenters. The van der Waals surface area contributed by atoms with Gasteiger partial charge in [-0.15, -0.1) is 11.3 Å². The van der Waals surface area contributed by atoms with Crippen LogP contribution in [0, 0.1) is 0 Å². The Hall–Kier alpha value is -0.840. The zero-order valence-corrected chi connectivity index (χ0v) is 9.90. The first-order valence-electron chi connectivity index (χ1n) is 4.79. The largest absolute Gasteiger partial charge is 0.305 e. The molecule has 0 amide bonds. The lowest BCUT2D eigenvalue weighted by Gasteiger charge is -2.13. The number of rotatable bonds is 4. The average Bonchev–Trinajstić information content (AvgIpc) is 2.85. The molecule has 0 fully saturated rings. The Morgan fingerprint density at radius 3 is 2.93 bits per heavy atom. The van der Waals surface area contributed by atoms with Crippen LogP contribution in [0.3, 0.4) is 0 Å². The fourth-order valence-corrected chi connectivity index (χ4v) is 2.63. The van der Waals surface area contributed by atoms with E-state index in [4.69, 9.17) is 11.6 Å². The van der Waals surface area contributed by atoms with Crippen LogP contribution < -0.4 is 5.32 Å². The second-order valence-corrected chi connectivity index (χ2v) is 4.89. The van der Waals surface area contributed by atoms with Gasteiger partial charge >= 0.3 is 0 Å². The maximum absolute atomic E-state index is 5.93. The Kier molecular flexibility index (Phi) is 3.41. The second kappa shape index (κ2) is 4.79. The first kappa shape index (κ1) is 10.7. The number of halogens is 1. The lowest BCUT2D eigenvalue weighted by molar-refractivity contribution is 0.622. The normalized spacial score (nSPS) is 12.9. The molecule has 2 heterocycles. The Morgan fingerprint density at radius 2 is 2.40 bits per heavy atom. The molecule has 0 aliphatic carbocycles. The van der Waals surface area contributed by atoms with Crippen molar-refractivity contribution in [2.24, 2.45) is 0 Å². The highest BCUT2D eigenvalue weighted by atomic mass is 35.5. The summed E-state index contributed by atoms with van der Waals surface area (Å²) in [6.07, 6.45) is 1.76. The van der Waals surface area contributed by atoms with Crippen LogP contribution in [-0.2, 0) is 0 Å². The van der Waals surface area contributed by atoms with Crippen LogP contribution in [0.1, 0.15) is 23.5 Å². The van der Waals surface area contributed by atoms with E-state index in [2.05, 4.69) is 22.4 Å². The van der Waals surface area contributed by atoms with Crippen molar-refractivity contribution >= 4 is 22.9 Å². The van der Waals surface area contributed by atoms with Crippen molar-refractivity contribution < 1.29 is 0 Å². The van der Waals surface area contributed by atoms with Gasteiger partial charge in [0.15, 0.2) is 0 Å².